The zero-order chi connectivity index (χ0) is 22.1. The standard InChI is InChI=1S/C19H14F5N3O3/c1-9-7-10(19(22,23)24)5-6-11(9)16-26-18(30-27-16)14(8-28)25-17(29)15-12(20)3-2-4-13(15)21/h2-7,14,28H,8H2,1H3,(H,25,29)/t14-/m0/s1. The second-order valence-electron chi connectivity index (χ2n) is 6.29. The summed E-state index contributed by atoms with van der Waals surface area (Å²) in [5.41, 5.74) is -1.24. The second kappa shape index (κ2) is 8.19. The molecule has 3 aromatic rings. The summed E-state index contributed by atoms with van der Waals surface area (Å²) in [4.78, 5) is 16.2. The maximum Gasteiger partial charge on any atom is 0.416 e. The van der Waals surface area contributed by atoms with Crippen LogP contribution in [0.5, 0.6) is 0 Å². The maximum atomic E-state index is 13.7. The number of aromatic nitrogens is 2. The van der Waals surface area contributed by atoms with Crippen molar-refractivity contribution in [2.45, 2.75) is 19.1 Å². The fourth-order valence-electron chi connectivity index (χ4n) is 2.71. The molecule has 1 heterocycles. The fraction of sp³-hybridized carbons (Fsp3) is 0.211. The molecule has 0 aliphatic carbocycles. The van der Waals surface area contributed by atoms with E-state index in [1.807, 2.05) is 0 Å². The van der Waals surface area contributed by atoms with E-state index in [4.69, 9.17) is 4.52 Å². The first-order valence-corrected chi connectivity index (χ1v) is 8.49. The van der Waals surface area contributed by atoms with E-state index in [-0.39, 0.29) is 22.8 Å². The van der Waals surface area contributed by atoms with E-state index >= 15 is 0 Å². The third-order valence-corrected chi connectivity index (χ3v) is 4.21. The monoisotopic (exact) mass is 427 g/mol. The van der Waals surface area contributed by atoms with Gasteiger partial charge in [-0.05, 0) is 36.8 Å². The lowest BCUT2D eigenvalue weighted by atomic mass is 10.0. The van der Waals surface area contributed by atoms with Gasteiger partial charge < -0.3 is 14.9 Å². The maximum absolute atomic E-state index is 13.7. The van der Waals surface area contributed by atoms with Crippen LogP contribution in [0.4, 0.5) is 22.0 Å². The van der Waals surface area contributed by atoms with Gasteiger partial charge in [0.25, 0.3) is 11.8 Å². The van der Waals surface area contributed by atoms with E-state index in [0.717, 1.165) is 36.4 Å². The number of hydrogen-bond acceptors (Lipinski definition) is 5. The van der Waals surface area contributed by atoms with E-state index in [9.17, 15) is 31.9 Å². The predicted molar refractivity (Wildman–Crippen MR) is 93.1 cm³/mol. The van der Waals surface area contributed by atoms with Crippen LogP contribution in [0.1, 0.15) is 33.4 Å². The Morgan fingerprint density at radius 2 is 1.87 bits per heavy atom. The first kappa shape index (κ1) is 21.4. The molecule has 0 aliphatic heterocycles. The van der Waals surface area contributed by atoms with Crippen molar-refractivity contribution in [1.29, 1.82) is 0 Å². The molecule has 1 aromatic heterocycles. The number of halogens is 5. The molecule has 2 aromatic carbocycles. The number of aliphatic hydroxyl groups is 1. The van der Waals surface area contributed by atoms with E-state index in [0.29, 0.717) is 0 Å². The highest BCUT2D eigenvalue weighted by Crippen LogP contribution is 2.32. The molecule has 0 bridgehead atoms. The van der Waals surface area contributed by atoms with Crippen LogP contribution < -0.4 is 5.32 Å². The molecule has 0 unspecified atom stereocenters. The minimum atomic E-state index is -4.51. The van der Waals surface area contributed by atoms with Crippen LogP contribution in [0.25, 0.3) is 11.4 Å². The second-order valence-corrected chi connectivity index (χ2v) is 6.29. The van der Waals surface area contributed by atoms with E-state index < -0.39 is 47.5 Å². The highest BCUT2D eigenvalue weighted by Gasteiger charge is 2.31. The summed E-state index contributed by atoms with van der Waals surface area (Å²) in [7, 11) is 0. The summed E-state index contributed by atoms with van der Waals surface area (Å²) >= 11 is 0. The number of aliphatic hydroxyl groups excluding tert-OH is 1. The van der Waals surface area contributed by atoms with Gasteiger partial charge in [0, 0.05) is 5.56 Å². The molecule has 0 aliphatic rings. The molecule has 0 saturated heterocycles. The van der Waals surface area contributed by atoms with Crippen LogP contribution in [0.15, 0.2) is 40.9 Å². The van der Waals surface area contributed by atoms with E-state index in [2.05, 4.69) is 15.5 Å². The van der Waals surface area contributed by atoms with Gasteiger partial charge in [0.15, 0.2) is 0 Å². The summed E-state index contributed by atoms with van der Waals surface area (Å²) in [6.45, 7) is 0.683. The van der Waals surface area contributed by atoms with Crippen molar-refractivity contribution in [2.75, 3.05) is 6.61 Å². The lowest BCUT2D eigenvalue weighted by Crippen LogP contribution is -2.32. The molecule has 0 radical (unpaired) electrons. The lowest BCUT2D eigenvalue weighted by Gasteiger charge is -2.13. The summed E-state index contributed by atoms with van der Waals surface area (Å²) in [6, 6.07) is 4.50. The van der Waals surface area contributed by atoms with Crippen LogP contribution in [-0.2, 0) is 6.18 Å². The van der Waals surface area contributed by atoms with Crippen LogP contribution in [0, 0.1) is 18.6 Å². The quantitative estimate of drug-likeness (QED) is 0.605. The van der Waals surface area contributed by atoms with Gasteiger partial charge in [0.05, 0.1) is 12.2 Å². The molecule has 2 N–H and O–H groups in total. The fourth-order valence-corrected chi connectivity index (χ4v) is 2.71. The van der Waals surface area contributed by atoms with Crippen molar-refractivity contribution in [3.8, 4) is 11.4 Å². The number of alkyl halides is 3. The Morgan fingerprint density at radius 1 is 1.20 bits per heavy atom. The van der Waals surface area contributed by atoms with Crippen molar-refractivity contribution in [3.05, 3.63) is 70.6 Å². The molecule has 0 spiro atoms. The third kappa shape index (κ3) is 4.30. The smallest absolute Gasteiger partial charge is 0.394 e. The number of carbonyl (C=O) groups is 1. The number of amides is 1. The SMILES string of the molecule is Cc1cc(C(F)(F)F)ccc1-c1noc([C@H](CO)NC(=O)c2c(F)cccc2F)n1. The Bertz CT molecular complexity index is 1060. The van der Waals surface area contributed by atoms with Gasteiger partial charge in [-0.2, -0.15) is 18.2 Å². The highest BCUT2D eigenvalue weighted by atomic mass is 19.4. The van der Waals surface area contributed by atoms with Gasteiger partial charge >= 0.3 is 6.18 Å². The van der Waals surface area contributed by atoms with Gasteiger partial charge in [-0.3, -0.25) is 4.79 Å². The number of nitrogens with zero attached hydrogens (tertiary/aromatic N) is 2. The Hall–Kier alpha value is -3.34. The highest BCUT2D eigenvalue weighted by molar-refractivity contribution is 5.95. The van der Waals surface area contributed by atoms with Crippen LogP contribution in [-0.4, -0.2) is 27.8 Å². The summed E-state index contributed by atoms with van der Waals surface area (Å²) in [5, 5.41) is 15.3. The minimum absolute atomic E-state index is 0.0824. The normalized spacial score (nSPS) is 12.6. The van der Waals surface area contributed by atoms with Crippen LogP contribution >= 0.6 is 0 Å². The van der Waals surface area contributed by atoms with Crippen LogP contribution in [0.2, 0.25) is 0 Å². The molecule has 11 heteroatoms. The first-order chi connectivity index (χ1) is 14.1. The molecule has 3 rings (SSSR count). The molecular formula is C19H14F5N3O3. The summed E-state index contributed by atoms with van der Waals surface area (Å²) in [5.74, 6) is -3.74. The molecule has 30 heavy (non-hydrogen) atoms. The van der Waals surface area contributed by atoms with Gasteiger partial charge in [-0.15, -0.1) is 0 Å². The van der Waals surface area contributed by atoms with Crippen molar-refractivity contribution in [2.24, 2.45) is 0 Å². The first-order valence-electron chi connectivity index (χ1n) is 8.49. The number of nitrogens with one attached hydrogen (secondary N) is 1. The molecule has 0 saturated carbocycles. The summed E-state index contributed by atoms with van der Waals surface area (Å²) < 4.78 is 70.9. The Balaban J connectivity index is 1.84. The van der Waals surface area contributed by atoms with Crippen molar-refractivity contribution < 1.29 is 36.4 Å². The average Bonchev–Trinajstić information content (AvgIpc) is 3.14. The third-order valence-electron chi connectivity index (χ3n) is 4.21. The molecule has 6 nitrogen and oxygen atoms in total. The van der Waals surface area contributed by atoms with E-state index in [1.165, 1.54) is 6.92 Å². The average molecular weight is 427 g/mol. The van der Waals surface area contributed by atoms with Gasteiger partial charge in [-0.1, -0.05) is 17.3 Å². The zero-order valence-corrected chi connectivity index (χ0v) is 15.3. The van der Waals surface area contributed by atoms with E-state index in [1.54, 1.807) is 0 Å². The topological polar surface area (TPSA) is 88.3 Å². The molecule has 1 atom stereocenters. The number of benzene rings is 2. The van der Waals surface area contributed by atoms with Gasteiger partial charge in [0.1, 0.15) is 23.2 Å². The minimum Gasteiger partial charge on any atom is -0.394 e. The number of carbonyl (C=O) groups excluding carboxylic acids is 1. The molecule has 158 valence electrons. The largest absolute Gasteiger partial charge is 0.416 e. The Morgan fingerprint density at radius 3 is 2.43 bits per heavy atom. The van der Waals surface area contributed by atoms with Crippen molar-refractivity contribution >= 4 is 5.91 Å². The van der Waals surface area contributed by atoms with Crippen molar-refractivity contribution in [3.63, 3.8) is 0 Å². The summed E-state index contributed by atoms with van der Waals surface area (Å²) in [6.07, 6.45) is -4.51. The number of hydrogen-bond donors (Lipinski definition) is 2. The Labute approximate surface area is 166 Å². The Kier molecular flexibility index (Phi) is 5.83. The molecular weight excluding hydrogens is 413 g/mol. The lowest BCUT2D eigenvalue weighted by molar-refractivity contribution is -0.137. The van der Waals surface area contributed by atoms with Crippen molar-refractivity contribution in [1.82, 2.24) is 15.5 Å². The molecule has 0 fully saturated rings. The van der Waals surface area contributed by atoms with Gasteiger partial charge in [-0.25, -0.2) is 8.78 Å². The number of rotatable bonds is 5. The zero-order valence-electron chi connectivity index (χ0n) is 15.3. The van der Waals surface area contributed by atoms with Gasteiger partial charge in [0.2, 0.25) is 5.82 Å². The van der Waals surface area contributed by atoms with Crippen LogP contribution in [0.3, 0.4) is 0 Å². The molecule has 1 amide bonds. The number of aryl methyl sites for hydroxylation is 1. The predicted octanol–water partition coefficient (Wildman–Crippen LogP) is 3.81.